The molecule has 0 fully saturated rings. The quantitative estimate of drug-likeness (QED) is 0.826. The largest absolute Gasteiger partial charge is 0.223 e. The smallest absolute Gasteiger partial charge is 0.191 e. The topological polar surface area (TPSA) is 57.9 Å². The van der Waals surface area contributed by atoms with Gasteiger partial charge in [-0.05, 0) is 36.5 Å². The lowest BCUT2D eigenvalue weighted by Crippen LogP contribution is -2.10. The molecule has 0 N–H and O–H groups in total. The van der Waals surface area contributed by atoms with Gasteiger partial charge in [-0.3, -0.25) is 0 Å². The highest BCUT2D eigenvalue weighted by atomic mass is 32.2. The Kier molecular flexibility index (Phi) is 4.30. The van der Waals surface area contributed by atoms with E-state index in [0.29, 0.717) is 17.2 Å². The number of rotatable bonds is 4. The lowest BCUT2D eigenvalue weighted by Gasteiger charge is -2.11. The van der Waals surface area contributed by atoms with E-state index in [9.17, 15) is 8.42 Å². The van der Waals surface area contributed by atoms with Gasteiger partial charge in [0, 0.05) is 0 Å². The van der Waals surface area contributed by atoms with Gasteiger partial charge < -0.3 is 0 Å². The summed E-state index contributed by atoms with van der Waals surface area (Å²) in [6.45, 7) is 5.94. The maximum atomic E-state index is 12.0. The summed E-state index contributed by atoms with van der Waals surface area (Å²) >= 11 is 0. The summed E-state index contributed by atoms with van der Waals surface area (Å²) in [5.74, 6) is -0.0737. The van der Waals surface area contributed by atoms with Crippen molar-refractivity contribution in [3.63, 3.8) is 0 Å². The number of hydrogen-bond acceptors (Lipinski definition) is 3. The van der Waals surface area contributed by atoms with Gasteiger partial charge in [-0.15, -0.1) is 0 Å². The molecule has 92 valence electrons. The molecule has 1 aromatic rings. The van der Waals surface area contributed by atoms with E-state index in [1.807, 2.05) is 32.9 Å². The first-order valence-corrected chi connectivity index (χ1v) is 7.21. The third-order valence-electron chi connectivity index (χ3n) is 2.44. The Bertz CT molecular complexity index is 539. The van der Waals surface area contributed by atoms with E-state index in [1.54, 1.807) is 12.1 Å². The maximum absolute atomic E-state index is 12.0. The minimum absolute atomic E-state index is 0.313. The maximum Gasteiger partial charge on any atom is 0.191 e. The average molecular weight is 251 g/mol. The van der Waals surface area contributed by atoms with E-state index in [2.05, 4.69) is 0 Å². The normalized spacial score (nSPS) is 11.5. The Labute approximate surface area is 103 Å². The summed E-state index contributed by atoms with van der Waals surface area (Å²) in [5.41, 5.74) is 1.70. The SMILES string of the molecule is Cc1ccc(CC(C)C)c(S(=O)(=O)CC#N)c1. The van der Waals surface area contributed by atoms with Crippen molar-refractivity contribution >= 4 is 9.84 Å². The second-order valence-electron chi connectivity index (χ2n) is 4.63. The fourth-order valence-electron chi connectivity index (χ4n) is 1.72. The molecule has 4 heteroatoms. The van der Waals surface area contributed by atoms with Crippen LogP contribution in [0.25, 0.3) is 0 Å². The molecular weight excluding hydrogens is 234 g/mol. The Morgan fingerprint density at radius 1 is 1.35 bits per heavy atom. The molecule has 0 aliphatic rings. The first kappa shape index (κ1) is 13.7. The van der Waals surface area contributed by atoms with Gasteiger partial charge in [0.2, 0.25) is 0 Å². The van der Waals surface area contributed by atoms with Crippen molar-refractivity contribution in [2.75, 3.05) is 5.75 Å². The van der Waals surface area contributed by atoms with Crippen LogP contribution in [0, 0.1) is 24.2 Å². The summed E-state index contributed by atoms with van der Waals surface area (Å²) in [6, 6.07) is 7.13. The first-order valence-electron chi connectivity index (χ1n) is 5.56. The van der Waals surface area contributed by atoms with Gasteiger partial charge in [-0.1, -0.05) is 26.0 Å². The van der Waals surface area contributed by atoms with E-state index in [1.165, 1.54) is 0 Å². The van der Waals surface area contributed by atoms with Crippen LogP contribution in [0.5, 0.6) is 0 Å². The van der Waals surface area contributed by atoms with Gasteiger partial charge in [0.05, 0.1) is 11.0 Å². The number of nitriles is 1. The lowest BCUT2D eigenvalue weighted by molar-refractivity contribution is 0.593. The zero-order valence-electron chi connectivity index (χ0n) is 10.4. The molecule has 0 heterocycles. The van der Waals surface area contributed by atoms with Gasteiger partial charge in [-0.25, -0.2) is 8.42 Å². The predicted octanol–water partition coefficient (Wildman–Crippen LogP) is 2.49. The molecule has 0 aliphatic carbocycles. The Hall–Kier alpha value is -1.34. The molecule has 3 nitrogen and oxygen atoms in total. The van der Waals surface area contributed by atoms with Crippen LogP contribution in [-0.4, -0.2) is 14.2 Å². The molecule has 0 spiro atoms. The predicted molar refractivity (Wildman–Crippen MR) is 67.4 cm³/mol. The van der Waals surface area contributed by atoms with Gasteiger partial charge >= 0.3 is 0 Å². The fourth-order valence-corrected chi connectivity index (χ4v) is 2.96. The van der Waals surface area contributed by atoms with Crippen molar-refractivity contribution in [2.45, 2.75) is 32.1 Å². The first-order chi connectivity index (χ1) is 7.86. The monoisotopic (exact) mass is 251 g/mol. The lowest BCUT2D eigenvalue weighted by atomic mass is 10.0. The van der Waals surface area contributed by atoms with Crippen LogP contribution in [0.1, 0.15) is 25.0 Å². The molecule has 1 rings (SSSR count). The van der Waals surface area contributed by atoms with Crippen LogP contribution in [0.2, 0.25) is 0 Å². The second kappa shape index (κ2) is 5.33. The van der Waals surface area contributed by atoms with Gasteiger partial charge in [0.25, 0.3) is 0 Å². The number of sulfone groups is 1. The van der Waals surface area contributed by atoms with E-state index < -0.39 is 15.6 Å². The Morgan fingerprint density at radius 2 is 2.00 bits per heavy atom. The van der Waals surface area contributed by atoms with Crippen LogP contribution < -0.4 is 0 Å². The van der Waals surface area contributed by atoms with Crippen molar-refractivity contribution < 1.29 is 8.42 Å². The van der Waals surface area contributed by atoms with Crippen molar-refractivity contribution in [2.24, 2.45) is 5.92 Å². The van der Waals surface area contributed by atoms with Crippen molar-refractivity contribution in [1.82, 2.24) is 0 Å². The molecule has 0 saturated carbocycles. The standard InChI is InChI=1S/C13H17NO2S/c1-10(2)8-12-5-4-11(3)9-13(12)17(15,16)7-6-14/h4-5,9-10H,7-8H2,1-3H3. The summed E-state index contributed by atoms with van der Waals surface area (Å²) < 4.78 is 23.9. The molecule has 0 aliphatic heterocycles. The zero-order chi connectivity index (χ0) is 13.1. The van der Waals surface area contributed by atoms with Crippen LogP contribution in [0.4, 0.5) is 0 Å². The number of hydrogen-bond donors (Lipinski definition) is 0. The molecule has 0 amide bonds. The number of nitrogens with zero attached hydrogens (tertiary/aromatic N) is 1. The highest BCUT2D eigenvalue weighted by Crippen LogP contribution is 2.21. The molecular formula is C13H17NO2S. The van der Waals surface area contributed by atoms with Gasteiger partial charge in [0.15, 0.2) is 9.84 Å². The highest BCUT2D eigenvalue weighted by Gasteiger charge is 2.18. The highest BCUT2D eigenvalue weighted by molar-refractivity contribution is 7.91. The van der Waals surface area contributed by atoms with Crippen LogP contribution in [0.3, 0.4) is 0 Å². The van der Waals surface area contributed by atoms with E-state index in [0.717, 1.165) is 11.1 Å². The van der Waals surface area contributed by atoms with Crippen LogP contribution in [-0.2, 0) is 16.3 Å². The molecule has 1 aromatic carbocycles. The van der Waals surface area contributed by atoms with Crippen molar-refractivity contribution in [3.05, 3.63) is 29.3 Å². The summed E-state index contributed by atoms with van der Waals surface area (Å²) in [6.07, 6.45) is 0.709. The van der Waals surface area contributed by atoms with Crippen molar-refractivity contribution in [1.29, 1.82) is 5.26 Å². The molecule has 0 radical (unpaired) electrons. The Morgan fingerprint density at radius 3 is 2.53 bits per heavy atom. The molecule has 17 heavy (non-hydrogen) atoms. The number of benzene rings is 1. The molecule has 0 saturated heterocycles. The zero-order valence-corrected chi connectivity index (χ0v) is 11.2. The van der Waals surface area contributed by atoms with E-state index in [4.69, 9.17) is 5.26 Å². The van der Waals surface area contributed by atoms with E-state index in [-0.39, 0.29) is 0 Å². The molecule has 0 bridgehead atoms. The van der Waals surface area contributed by atoms with Crippen molar-refractivity contribution in [3.8, 4) is 6.07 Å². The second-order valence-corrected chi connectivity index (χ2v) is 6.58. The van der Waals surface area contributed by atoms with Gasteiger partial charge in [-0.2, -0.15) is 5.26 Å². The molecule has 0 atom stereocenters. The minimum atomic E-state index is -3.47. The van der Waals surface area contributed by atoms with E-state index >= 15 is 0 Å². The fraction of sp³-hybridized carbons (Fsp3) is 0.462. The Balaban J connectivity index is 3.30. The summed E-state index contributed by atoms with van der Waals surface area (Å²) in [7, 11) is -3.47. The van der Waals surface area contributed by atoms with Crippen LogP contribution in [0.15, 0.2) is 23.1 Å². The molecule has 0 aromatic heterocycles. The summed E-state index contributed by atoms with van der Waals surface area (Å²) in [5, 5.41) is 8.58. The molecule has 0 unspecified atom stereocenters. The third-order valence-corrected chi connectivity index (χ3v) is 4.00. The van der Waals surface area contributed by atoms with Gasteiger partial charge in [0.1, 0.15) is 5.75 Å². The summed E-state index contributed by atoms with van der Waals surface area (Å²) in [4.78, 5) is 0.313. The number of aryl methyl sites for hydroxylation is 1. The third kappa shape index (κ3) is 3.57. The minimum Gasteiger partial charge on any atom is -0.223 e. The van der Waals surface area contributed by atoms with Crippen LogP contribution >= 0.6 is 0 Å². The average Bonchev–Trinajstić information content (AvgIpc) is 2.20.